The van der Waals surface area contributed by atoms with Crippen LogP contribution < -0.4 is 0 Å². The maximum Gasteiger partial charge on any atom is 0.184 e. The first-order chi connectivity index (χ1) is 13.8. The van der Waals surface area contributed by atoms with Gasteiger partial charge in [-0.05, 0) is 55.9 Å². The van der Waals surface area contributed by atoms with Gasteiger partial charge in [-0.3, -0.25) is 0 Å². The first-order valence-electron chi connectivity index (χ1n) is 10.1. The van der Waals surface area contributed by atoms with E-state index in [2.05, 4.69) is 0 Å². The lowest BCUT2D eigenvalue weighted by atomic mass is 9.67. The van der Waals surface area contributed by atoms with Gasteiger partial charge in [-0.15, -0.1) is 0 Å². The molecule has 4 atom stereocenters. The number of aliphatic hydroxyl groups is 1. The number of benzene rings is 2. The summed E-state index contributed by atoms with van der Waals surface area (Å²) in [5.74, 6) is -0.336. The molecule has 0 aliphatic heterocycles. The summed E-state index contributed by atoms with van der Waals surface area (Å²) < 4.78 is 53.6. The normalized spacial score (nSPS) is 30.4. The molecule has 29 heavy (non-hydrogen) atoms. The second-order valence-electron chi connectivity index (χ2n) is 8.23. The zero-order valence-corrected chi connectivity index (χ0v) is 17.8. The molecule has 0 radical (unpaired) electrons. The molecule has 0 unspecified atom stereocenters. The summed E-state index contributed by atoms with van der Waals surface area (Å²) in [6.07, 6.45) is 2.90. The second kappa shape index (κ2) is 7.52. The summed E-state index contributed by atoms with van der Waals surface area (Å²) in [4.78, 5) is 0.350. The molecule has 2 aliphatic carbocycles. The molecule has 2 saturated carbocycles. The quantitative estimate of drug-likeness (QED) is 0.797. The summed E-state index contributed by atoms with van der Waals surface area (Å²) in [6, 6.07) is 16.3. The van der Waals surface area contributed by atoms with Crippen molar-refractivity contribution in [2.75, 3.05) is 0 Å². The lowest BCUT2D eigenvalue weighted by molar-refractivity contribution is -0.0699. The number of rotatable bonds is 4. The molecule has 0 aromatic heterocycles. The Labute approximate surface area is 172 Å². The number of hydrogen-bond donors (Lipinski definition) is 1. The van der Waals surface area contributed by atoms with Gasteiger partial charge in [0.25, 0.3) is 0 Å². The third-order valence-corrected chi connectivity index (χ3v) is 11.1. The van der Waals surface area contributed by atoms with Crippen LogP contribution in [-0.4, -0.2) is 38.0 Å². The first-order valence-corrected chi connectivity index (χ1v) is 13.2. The van der Waals surface area contributed by atoms with Gasteiger partial charge in [0.2, 0.25) is 0 Å². The van der Waals surface area contributed by atoms with Crippen molar-refractivity contribution in [3.05, 3.63) is 60.7 Å². The van der Waals surface area contributed by atoms with Crippen LogP contribution in [0.25, 0.3) is 0 Å². The fourth-order valence-electron chi connectivity index (χ4n) is 5.08. The van der Waals surface area contributed by atoms with Crippen LogP contribution in [0.2, 0.25) is 0 Å². The van der Waals surface area contributed by atoms with Crippen molar-refractivity contribution in [1.29, 1.82) is 0 Å². The predicted octanol–water partition coefficient (Wildman–Crippen LogP) is 3.39. The Morgan fingerprint density at radius 1 is 0.759 bits per heavy atom. The summed E-state index contributed by atoms with van der Waals surface area (Å²) in [5, 5.41) is 9.58. The van der Waals surface area contributed by atoms with Gasteiger partial charge in [-0.1, -0.05) is 49.2 Å². The van der Waals surface area contributed by atoms with Gasteiger partial charge in [0.05, 0.1) is 25.9 Å². The van der Waals surface area contributed by atoms with Crippen molar-refractivity contribution < 1.29 is 21.9 Å². The summed E-state index contributed by atoms with van der Waals surface area (Å²) >= 11 is 0. The molecular formula is C22H26O5S2. The average molecular weight is 435 g/mol. The Morgan fingerprint density at radius 2 is 1.31 bits per heavy atom. The Morgan fingerprint density at radius 3 is 1.90 bits per heavy atom. The molecule has 0 bridgehead atoms. The minimum Gasteiger partial charge on any atom is -0.388 e. The molecular weight excluding hydrogens is 408 g/mol. The van der Waals surface area contributed by atoms with Crippen LogP contribution in [0.1, 0.15) is 38.5 Å². The van der Waals surface area contributed by atoms with Crippen LogP contribution in [0.3, 0.4) is 0 Å². The van der Waals surface area contributed by atoms with E-state index >= 15 is 0 Å². The number of fused-ring (bicyclic) bond motifs is 1. The van der Waals surface area contributed by atoms with Crippen LogP contribution >= 0.6 is 0 Å². The predicted molar refractivity (Wildman–Crippen MR) is 111 cm³/mol. The second-order valence-corrected chi connectivity index (χ2v) is 12.6. The van der Waals surface area contributed by atoms with E-state index in [1.165, 1.54) is 12.1 Å². The minimum absolute atomic E-state index is 0.0819. The van der Waals surface area contributed by atoms with Crippen LogP contribution in [0, 0.1) is 5.92 Å². The molecule has 0 spiro atoms. The molecule has 4 rings (SSSR count). The lowest BCUT2D eigenvalue weighted by Crippen LogP contribution is -2.59. The zero-order chi connectivity index (χ0) is 20.7. The smallest absolute Gasteiger partial charge is 0.184 e. The molecule has 2 fully saturated rings. The molecule has 1 N–H and O–H groups in total. The fraction of sp³-hybridized carbons (Fsp3) is 0.455. The van der Waals surface area contributed by atoms with Crippen molar-refractivity contribution in [3.63, 3.8) is 0 Å². The van der Waals surface area contributed by atoms with E-state index in [9.17, 15) is 21.9 Å². The summed E-state index contributed by atoms with van der Waals surface area (Å²) in [7, 11) is -7.57. The average Bonchev–Trinajstić information content (AvgIpc) is 2.73. The van der Waals surface area contributed by atoms with Crippen LogP contribution in [0.15, 0.2) is 70.5 Å². The molecule has 5 nitrogen and oxygen atoms in total. The van der Waals surface area contributed by atoms with Gasteiger partial charge in [0.15, 0.2) is 19.7 Å². The van der Waals surface area contributed by atoms with Crippen molar-refractivity contribution >= 4 is 19.7 Å². The first kappa shape index (κ1) is 20.6. The maximum absolute atomic E-state index is 13.5. The van der Waals surface area contributed by atoms with Gasteiger partial charge in [0.1, 0.15) is 0 Å². The van der Waals surface area contributed by atoms with E-state index in [4.69, 9.17) is 0 Å². The van der Waals surface area contributed by atoms with Crippen LogP contribution in [0.4, 0.5) is 0 Å². The van der Waals surface area contributed by atoms with E-state index in [0.717, 1.165) is 12.8 Å². The molecule has 0 heterocycles. The van der Waals surface area contributed by atoms with Gasteiger partial charge < -0.3 is 5.11 Å². The molecule has 0 amide bonds. The Hall–Kier alpha value is -1.70. The molecule has 156 valence electrons. The molecule has 0 saturated heterocycles. The molecule has 2 aromatic rings. The minimum atomic E-state index is -3.88. The van der Waals surface area contributed by atoms with Gasteiger partial charge in [0, 0.05) is 0 Å². The van der Waals surface area contributed by atoms with Crippen molar-refractivity contribution in [2.24, 2.45) is 5.92 Å². The topological polar surface area (TPSA) is 88.5 Å². The monoisotopic (exact) mass is 434 g/mol. The Bertz CT molecular complexity index is 1060. The van der Waals surface area contributed by atoms with Crippen LogP contribution in [-0.2, 0) is 19.7 Å². The van der Waals surface area contributed by atoms with Crippen molar-refractivity contribution in [3.8, 4) is 0 Å². The fourth-order valence-corrected chi connectivity index (χ4v) is 9.25. The molecule has 2 aliphatic rings. The van der Waals surface area contributed by atoms with E-state index in [1.807, 2.05) is 0 Å². The van der Waals surface area contributed by atoms with Crippen molar-refractivity contribution in [2.45, 2.75) is 64.4 Å². The summed E-state index contributed by atoms with van der Waals surface area (Å²) in [6.45, 7) is 0. The summed E-state index contributed by atoms with van der Waals surface area (Å²) in [5.41, 5.74) is -1.38. The lowest BCUT2D eigenvalue weighted by Gasteiger charge is -2.50. The Kier molecular flexibility index (Phi) is 5.34. The third-order valence-electron chi connectivity index (χ3n) is 6.63. The largest absolute Gasteiger partial charge is 0.388 e. The highest BCUT2D eigenvalue weighted by molar-refractivity contribution is 7.93. The van der Waals surface area contributed by atoms with E-state index < -0.39 is 35.8 Å². The third kappa shape index (κ3) is 3.53. The number of sulfone groups is 2. The molecule has 7 heteroatoms. The van der Waals surface area contributed by atoms with E-state index in [1.54, 1.807) is 48.5 Å². The maximum atomic E-state index is 13.5. The molecule has 2 aromatic carbocycles. The number of hydrogen-bond acceptors (Lipinski definition) is 5. The van der Waals surface area contributed by atoms with Gasteiger partial charge in [-0.2, -0.15) is 0 Å². The Balaban J connectivity index is 1.78. The van der Waals surface area contributed by atoms with E-state index in [-0.39, 0.29) is 22.1 Å². The SMILES string of the molecule is O=S(=O)(c1ccccc1)[C@@H]1C[C@@H]2CCCC[C@@]2(O)[C@H](S(=O)(=O)c2ccccc2)C1. The van der Waals surface area contributed by atoms with E-state index in [0.29, 0.717) is 19.3 Å². The highest BCUT2D eigenvalue weighted by Crippen LogP contribution is 2.49. The standard InChI is InChI=1S/C22H26O5S2/c23-22-14-8-7-9-17(22)15-20(28(24,25)18-10-3-1-4-11-18)16-21(22)29(26,27)19-12-5-2-6-13-19/h1-6,10-13,17,20-21,23H,7-9,14-16H2/t17-,20+,21+,22-/m0/s1. The van der Waals surface area contributed by atoms with Crippen molar-refractivity contribution in [1.82, 2.24) is 0 Å². The highest BCUT2D eigenvalue weighted by atomic mass is 32.2. The van der Waals surface area contributed by atoms with Crippen LogP contribution in [0.5, 0.6) is 0 Å². The van der Waals surface area contributed by atoms with Gasteiger partial charge in [-0.25, -0.2) is 16.8 Å². The van der Waals surface area contributed by atoms with Gasteiger partial charge >= 0.3 is 0 Å². The highest BCUT2D eigenvalue weighted by Gasteiger charge is 2.57. The zero-order valence-electron chi connectivity index (χ0n) is 16.1.